The van der Waals surface area contributed by atoms with Crippen LogP contribution in [0.2, 0.25) is 0 Å². The van der Waals surface area contributed by atoms with Crippen LogP contribution < -0.4 is 0 Å². The zero-order chi connectivity index (χ0) is 22.7. The van der Waals surface area contributed by atoms with Crippen molar-refractivity contribution in [2.45, 2.75) is 26.3 Å². The van der Waals surface area contributed by atoms with Gasteiger partial charge < -0.3 is 4.90 Å². The summed E-state index contributed by atoms with van der Waals surface area (Å²) in [5, 5.41) is 4.54. The van der Waals surface area contributed by atoms with E-state index in [2.05, 4.69) is 15.1 Å². The number of benzene rings is 1. The van der Waals surface area contributed by atoms with Gasteiger partial charge in [-0.05, 0) is 38.5 Å². The molecule has 10 heteroatoms. The molecule has 0 bridgehead atoms. The van der Waals surface area contributed by atoms with Gasteiger partial charge in [-0.25, -0.2) is 23.1 Å². The van der Waals surface area contributed by atoms with Crippen molar-refractivity contribution in [2.24, 2.45) is 7.05 Å². The van der Waals surface area contributed by atoms with E-state index in [0.29, 0.717) is 41.5 Å². The van der Waals surface area contributed by atoms with E-state index >= 15 is 0 Å². The molecule has 1 aromatic carbocycles. The summed E-state index contributed by atoms with van der Waals surface area (Å²) in [6.07, 6.45) is 3.79. The first kappa shape index (κ1) is 20.2. The zero-order valence-corrected chi connectivity index (χ0v) is 17.6. The van der Waals surface area contributed by atoms with E-state index in [1.54, 1.807) is 41.7 Å². The van der Waals surface area contributed by atoms with Gasteiger partial charge in [-0.3, -0.25) is 13.9 Å². The lowest BCUT2D eigenvalue weighted by atomic mass is 9.95. The first-order valence-corrected chi connectivity index (χ1v) is 10.1. The maximum absolute atomic E-state index is 13.9. The molecule has 1 amide bonds. The lowest BCUT2D eigenvalue weighted by molar-refractivity contribution is 0.0665. The number of rotatable bonds is 2. The molecule has 5 rings (SSSR count). The van der Waals surface area contributed by atoms with Crippen LogP contribution in [-0.4, -0.2) is 41.5 Å². The second-order valence-electron chi connectivity index (χ2n) is 7.85. The van der Waals surface area contributed by atoms with Crippen molar-refractivity contribution in [2.75, 3.05) is 6.54 Å². The minimum absolute atomic E-state index is 0.202. The van der Waals surface area contributed by atoms with E-state index in [1.807, 2.05) is 6.92 Å². The molecule has 0 N–H and O–H groups in total. The number of aromatic nitrogens is 5. The summed E-state index contributed by atoms with van der Waals surface area (Å²) in [4.78, 5) is 23.7. The fraction of sp³-hybridized carbons (Fsp3) is 0.273. The molecule has 0 saturated carbocycles. The standard InChI is InChI=1S/C22H19F3N6O/c1-11-19(31-7-4-6-26-22(31)27-11)21(32)30-8-5-14-18(12(30)2)28-29(3)20(14)13-9-15(23)17(25)16(24)10-13/h4,6-7,9-10,12H,5,8H2,1-3H3/t12-/m0/s1. The maximum atomic E-state index is 13.9. The van der Waals surface area contributed by atoms with Crippen LogP contribution in [0.4, 0.5) is 13.2 Å². The molecule has 32 heavy (non-hydrogen) atoms. The van der Waals surface area contributed by atoms with Crippen molar-refractivity contribution >= 4 is 11.7 Å². The molecular formula is C22H19F3N6O. The second kappa shape index (κ2) is 7.18. The minimum atomic E-state index is -1.51. The van der Waals surface area contributed by atoms with Crippen molar-refractivity contribution in [3.8, 4) is 11.3 Å². The molecule has 0 aliphatic carbocycles. The van der Waals surface area contributed by atoms with Crippen molar-refractivity contribution in [1.82, 2.24) is 29.0 Å². The smallest absolute Gasteiger partial charge is 0.273 e. The number of carbonyl (C=O) groups is 1. The molecule has 164 valence electrons. The van der Waals surface area contributed by atoms with Gasteiger partial charge in [0, 0.05) is 37.1 Å². The van der Waals surface area contributed by atoms with Gasteiger partial charge in [0.1, 0.15) is 5.69 Å². The first-order valence-electron chi connectivity index (χ1n) is 10.1. The topological polar surface area (TPSA) is 68.3 Å². The summed E-state index contributed by atoms with van der Waals surface area (Å²) in [6.45, 7) is 4.00. The normalized spacial score (nSPS) is 15.9. The van der Waals surface area contributed by atoms with Crippen molar-refractivity contribution in [1.29, 1.82) is 0 Å². The Morgan fingerprint density at radius 3 is 2.62 bits per heavy atom. The van der Waals surface area contributed by atoms with Crippen molar-refractivity contribution in [3.05, 3.63) is 70.7 Å². The van der Waals surface area contributed by atoms with E-state index < -0.39 is 17.5 Å². The van der Waals surface area contributed by atoms with Crippen molar-refractivity contribution < 1.29 is 18.0 Å². The van der Waals surface area contributed by atoms with Crippen LogP contribution in [0.15, 0.2) is 30.6 Å². The quantitative estimate of drug-likeness (QED) is 0.447. The third-order valence-electron chi connectivity index (χ3n) is 5.94. The van der Waals surface area contributed by atoms with Crippen LogP contribution in [0.25, 0.3) is 17.0 Å². The highest BCUT2D eigenvalue weighted by Crippen LogP contribution is 2.37. The molecule has 0 spiro atoms. The summed E-state index contributed by atoms with van der Waals surface area (Å²) in [6, 6.07) is 3.27. The highest BCUT2D eigenvalue weighted by molar-refractivity contribution is 5.95. The summed E-state index contributed by atoms with van der Waals surface area (Å²) in [5.41, 5.74) is 3.14. The van der Waals surface area contributed by atoms with E-state index in [1.165, 1.54) is 4.68 Å². The Labute approximate surface area is 181 Å². The Hall–Kier alpha value is -3.69. The van der Waals surface area contributed by atoms with Crippen molar-refractivity contribution in [3.63, 3.8) is 0 Å². The Morgan fingerprint density at radius 1 is 1.19 bits per heavy atom. The number of amides is 1. The molecule has 0 radical (unpaired) electrons. The Kier molecular flexibility index (Phi) is 4.54. The van der Waals surface area contributed by atoms with Crippen LogP contribution >= 0.6 is 0 Å². The lowest BCUT2D eigenvalue weighted by Crippen LogP contribution is -2.39. The Balaban J connectivity index is 1.55. The average Bonchev–Trinajstić information content (AvgIpc) is 3.27. The van der Waals surface area contributed by atoms with Gasteiger partial charge >= 0.3 is 0 Å². The molecule has 4 heterocycles. The SMILES string of the molecule is Cc1nc2ncccn2c1C(=O)N1CCc2c(nn(C)c2-c2cc(F)c(F)c(F)c2)[C@@H]1C. The van der Waals surface area contributed by atoms with Gasteiger partial charge in [-0.2, -0.15) is 5.10 Å². The zero-order valence-electron chi connectivity index (χ0n) is 17.6. The molecule has 4 aromatic rings. The fourth-order valence-corrected chi connectivity index (χ4v) is 4.47. The predicted molar refractivity (Wildman–Crippen MR) is 109 cm³/mol. The maximum Gasteiger partial charge on any atom is 0.273 e. The summed E-state index contributed by atoms with van der Waals surface area (Å²) >= 11 is 0. The Morgan fingerprint density at radius 2 is 1.91 bits per heavy atom. The van der Waals surface area contributed by atoms with Crippen LogP contribution in [0.1, 0.15) is 40.4 Å². The molecule has 0 unspecified atom stereocenters. The van der Waals surface area contributed by atoms with Gasteiger partial charge in [0.2, 0.25) is 5.78 Å². The molecule has 1 aliphatic rings. The largest absolute Gasteiger partial charge is 0.329 e. The van der Waals surface area contributed by atoms with E-state index in [4.69, 9.17) is 0 Å². The number of halogens is 3. The third kappa shape index (κ3) is 2.89. The number of hydrogen-bond donors (Lipinski definition) is 0. The number of imidazole rings is 1. The number of hydrogen-bond acceptors (Lipinski definition) is 4. The lowest BCUT2D eigenvalue weighted by Gasteiger charge is -2.33. The number of fused-ring (bicyclic) bond motifs is 2. The molecule has 0 saturated heterocycles. The van der Waals surface area contributed by atoms with Gasteiger partial charge in [0.15, 0.2) is 17.5 Å². The highest BCUT2D eigenvalue weighted by atomic mass is 19.2. The van der Waals surface area contributed by atoms with Crippen LogP contribution in [-0.2, 0) is 13.5 Å². The van der Waals surface area contributed by atoms with Gasteiger partial charge in [0.25, 0.3) is 5.91 Å². The molecule has 1 atom stereocenters. The molecule has 0 fully saturated rings. The first-order chi connectivity index (χ1) is 15.3. The average molecular weight is 440 g/mol. The monoisotopic (exact) mass is 440 g/mol. The van der Waals surface area contributed by atoms with Gasteiger partial charge in [-0.1, -0.05) is 0 Å². The van der Waals surface area contributed by atoms with E-state index in [9.17, 15) is 18.0 Å². The van der Waals surface area contributed by atoms with Crippen LogP contribution in [0.3, 0.4) is 0 Å². The summed E-state index contributed by atoms with van der Waals surface area (Å²) in [5.74, 6) is -3.78. The number of carbonyl (C=O) groups excluding carboxylic acids is 1. The highest BCUT2D eigenvalue weighted by Gasteiger charge is 2.35. The van der Waals surface area contributed by atoms with Gasteiger partial charge in [-0.15, -0.1) is 0 Å². The van der Waals surface area contributed by atoms with Crippen LogP contribution in [0.5, 0.6) is 0 Å². The predicted octanol–water partition coefficient (Wildman–Crippen LogP) is 3.62. The fourth-order valence-electron chi connectivity index (χ4n) is 4.47. The molecule has 7 nitrogen and oxygen atoms in total. The number of nitrogens with zero attached hydrogens (tertiary/aromatic N) is 6. The summed E-state index contributed by atoms with van der Waals surface area (Å²) < 4.78 is 44.3. The number of aryl methyl sites for hydroxylation is 2. The molecule has 3 aromatic heterocycles. The van der Waals surface area contributed by atoms with E-state index in [0.717, 1.165) is 17.7 Å². The Bertz CT molecular complexity index is 1370. The van der Waals surface area contributed by atoms with E-state index in [-0.39, 0.29) is 17.5 Å². The minimum Gasteiger partial charge on any atom is -0.329 e. The summed E-state index contributed by atoms with van der Waals surface area (Å²) in [7, 11) is 1.66. The molecular weight excluding hydrogens is 421 g/mol. The van der Waals surface area contributed by atoms with Crippen LogP contribution in [0, 0.1) is 24.4 Å². The second-order valence-corrected chi connectivity index (χ2v) is 7.85. The van der Waals surface area contributed by atoms with Gasteiger partial charge in [0.05, 0.1) is 23.1 Å². The third-order valence-corrected chi connectivity index (χ3v) is 5.94. The molecule has 1 aliphatic heterocycles.